The number of aliphatic hydroxyl groups is 1. The number of allylic oxidation sites excluding steroid dienone is 2. The van der Waals surface area contributed by atoms with Crippen LogP contribution >= 0.6 is 0 Å². The Morgan fingerprint density at radius 2 is 1.88 bits per heavy atom. The van der Waals surface area contributed by atoms with Gasteiger partial charge in [-0.3, -0.25) is 9.59 Å². The van der Waals surface area contributed by atoms with Gasteiger partial charge in [0, 0.05) is 17.9 Å². The SMILES string of the molecule is CC1=C[C@@H]2/C=C(/C)CC[C@H](O)[C@@H]3OC(C)(C)O[C@@H]3CC(=O)O[C@]23C(=O)N[C@H](CC(C)C)[C@H]3[C@H]1C. The summed E-state index contributed by atoms with van der Waals surface area (Å²) < 4.78 is 18.3. The molecule has 3 aliphatic heterocycles. The molecule has 34 heavy (non-hydrogen) atoms. The van der Waals surface area contributed by atoms with E-state index in [4.69, 9.17) is 14.2 Å². The van der Waals surface area contributed by atoms with E-state index < -0.39 is 35.7 Å². The summed E-state index contributed by atoms with van der Waals surface area (Å²) in [5, 5.41) is 14.1. The fourth-order valence-electron chi connectivity index (χ4n) is 6.50. The number of hydrogen-bond donors (Lipinski definition) is 2. The number of esters is 1. The molecule has 0 aromatic carbocycles. The fraction of sp³-hybridized carbons (Fsp3) is 0.778. The number of nitrogens with one attached hydrogen (secondary N) is 1. The van der Waals surface area contributed by atoms with Gasteiger partial charge in [0.1, 0.15) is 12.2 Å². The first-order valence-electron chi connectivity index (χ1n) is 12.8. The highest BCUT2D eigenvalue weighted by Gasteiger charge is 2.64. The van der Waals surface area contributed by atoms with E-state index in [1.165, 1.54) is 5.57 Å². The summed E-state index contributed by atoms with van der Waals surface area (Å²) in [5.41, 5.74) is 0.962. The van der Waals surface area contributed by atoms with Crippen molar-refractivity contribution < 1.29 is 28.9 Å². The molecule has 0 saturated carbocycles. The smallest absolute Gasteiger partial charge is 0.309 e. The standard InChI is InChI=1S/C27H41NO6/c1-14(2)10-19-23-17(5)16(4)12-18-11-15(3)8-9-20(29)24-21(32-26(6,7)34-24)13-22(30)33-27(18,23)25(31)28-19/h11-12,14,17-21,23-24,29H,8-10,13H2,1-7H3,(H,28,31)/b15-11-/t17-,18-,19+,20-,21+,23+,24-,27+/m0/s1. The van der Waals surface area contributed by atoms with Crippen molar-refractivity contribution in [2.24, 2.45) is 23.7 Å². The highest BCUT2D eigenvalue weighted by molar-refractivity contribution is 5.92. The maximum absolute atomic E-state index is 13.7. The van der Waals surface area contributed by atoms with E-state index in [9.17, 15) is 14.7 Å². The summed E-state index contributed by atoms with van der Waals surface area (Å²) in [6, 6.07) is -0.0670. The third-order valence-corrected chi connectivity index (χ3v) is 8.07. The second-order valence-corrected chi connectivity index (χ2v) is 11.7. The van der Waals surface area contributed by atoms with Gasteiger partial charge in [-0.25, -0.2) is 0 Å². The van der Waals surface area contributed by atoms with Gasteiger partial charge in [-0.05, 0) is 58.8 Å². The molecular weight excluding hydrogens is 434 g/mol. The van der Waals surface area contributed by atoms with Crippen LogP contribution in [0.25, 0.3) is 0 Å². The largest absolute Gasteiger partial charge is 0.447 e. The van der Waals surface area contributed by atoms with Crippen LogP contribution in [0.3, 0.4) is 0 Å². The molecule has 0 unspecified atom stereocenters. The first kappa shape index (κ1) is 25.4. The van der Waals surface area contributed by atoms with Crippen molar-refractivity contribution in [1.29, 1.82) is 0 Å². The quantitative estimate of drug-likeness (QED) is 0.468. The van der Waals surface area contributed by atoms with Gasteiger partial charge in [0.25, 0.3) is 5.91 Å². The van der Waals surface area contributed by atoms with E-state index in [0.717, 1.165) is 12.0 Å². The lowest BCUT2D eigenvalue weighted by molar-refractivity contribution is -0.180. The monoisotopic (exact) mass is 475 g/mol. The molecule has 4 aliphatic rings. The second kappa shape index (κ2) is 9.07. The Morgan fingerprint density at radius 1 is 1.18 bits per heavy atom. The first-order chi connectivity index (χ1) is 15.8. The Bertz CT molecular complexity index is 892. The number of hydrogen-bond acceptors (Lipinski definition) is 6. The lowest BCUT2D eigenvalue weighted by atomic mass is 9.63. The summed E-state index contributed by atoms with van der Waals surface area (Å²) in [4.78, 5) is 27.2. The van der Waals surface area contributed by atoms with Crippen LogP contribution in [0.15, 0.2) is 23.3 Å². The van der Waals surface area contributed by atoms with Gasteiger partial charge in [-0.2, -0.15) is 0 Å². The lowest BCUT2D eigenvalue weighted by Gasteiger charge is -2.45. The Balaban J connectivity index is 1.78. The van der Waals surface area contributed by atoms with Gasteiger partial charge < -0.3 is 24.6 Å². The minimum absolute atomic E-state index is 0.0670. The molecule has 0 radical (unpaired) electrons. The molecule has 1 aliphatic carbocycles. The van der Waals surface area contributed by atoms with E-state index in [0.29, 0.717) is 18.8 Å². The Kier molecular flexibility index (Phi) is 6.77. The van der Waals surface area contributed by atoms with Gasteiger partial charge >= 0.3 is 5.97 Å². The normalized spacial score (nSPS) is 43.9. The van der Waals surface area contributed by atoms with Crippen LogP contribution in [0, 0.1) is 23.7 Å². The molecule has 0 bridgehead atoms. The van der Waals surface area contributed by atoms with Gasteiger partial charge in [-0.15, -0.1) is 0 Å². The molecule has 2 N–H and O–H groups in total. The molecule has 2 saturated heterocycles. The van der Waals surface area contributed by atoms with E-state index in [1.807, 2.05) is 6.92 Å². The summed E-state index contributed by atoms with van der Waals surface area (Å²) in [5.74, 6) is -1.65. The molecule has 0 aromatic heterocycles. The van der Waals surface area contributed by atoms with Crippen LogP contribution in [0.2, 0.25) is 0 Å². The molecule has 2 fully saturated rings. The van der Waals surface area contributed by atoms with E-state index in [1.54, 1.807) is 13.8 Å². The van der Waals surface area contributed by atoms with Gasteiger partial charge in [0.2, 0.25) is 5.60 Å². The zero-order valence-electron chi connectivity index (χ0n) is 21.6. The number of rotatable bonds is 2. The van der Waals surface area contributed by atoms with Crippen LogP contribution in [0.5, 0.6) is 0 Å². The third-order valence-electron chi connectivity index (χ3n) is 8.07. The Hall–Kier alpha value is -1.70. The summed E-state index contributed by atoms with van der Waals surface area (Å²) in [6.45, 7) is 14.1. The Morgan fingerprint density at radius 3 is 2.56 bits per heavy atom. The van der Waals surface area contributed by atoms with E-state index in [2.05, 4.69) is 45.2 Å². The minimum atomic E-state index is -1.29. The maximum atomic E-state index is 13.7. The average Bonchev–Trinajstić information content (AvgIpc) is 3.16. The molecule has 3 heterocycles. The second-order valence-electron chi connectivity index (χ2n) is 11.7. The first-order valence-corrected chi connectivity index (χ1v) is 12.8. The number of aliphatic hydroxyl groups excluding tert-OH is 1. The molecular formula is C27H41NO6. The molecule has 8 atom stereocenters. The third kappa shape index (κ3) is 4.47. The van der Waals surface area contributed by atoms with E-state index in [-0.39, 0.29) is 36.1 Å². The number of carbonyl (C=O) groups is 2. The van der Waals surface area contributed by atoms with Crippen LogP contribution in [-0.4, -0.2) is 52.7 Å². The number of amides is 1. The predicted octanol–water partition coefficient (Wildman–Crippen LogP) is 3.65. The Labute approximate surface area is 203 Å². The van der Waals surface area contributed by atoms with Crippen LogP contribution in [-0.2, 0) is 23.8 Å². The number of ether oxygens (including phenoxy) is 3. The molecule has 7 nitrogen and oxygen atoms in total. The van der Waals surface area contributed by atoms with Crippen molar-refractivity contribution in [1.82, 2.24) is 5.32 Å². The topological polar surface area (TPSA) is 94.1 Å². The predicted molar refractivity (Wildman–Crippen MR) is 128 cm³/mol. The van der Waals surface area contributed by atoms with Crippen molar-refractivity contribution >= 4 is 11.9 Å². The van der Waals surface area contributed by atoms with E-state index >= 15 is 0 Å². The van der Waals surface area contributed by atoms with Gasteiger partial charge in [0.15, 0.2) is 5.79 Å². The average molecular weight is 476 g/mol. The van der Waals surface area contributed by atoms with Crippen LogP contribution in [0.1, 0.15) is 74.1 Å². The summed E-state index contributed by atoms with van der Waals surface area (Å²) in [7, 11) is 0. The van der Waals surface area contributed by atoms with Crippen molar-refractivity contribution in [2.75, 3.05) is 0 Å². The molecule has 0 aromatic rings. The highest BCUT2D eigenvalue weighted by Crippen LogP contribution is 2.51. The zero-order valence-corrected chi connectivity index (χ0v) is 21.6. The van der Waals surface area contributed by atoms with Gasteiger partial charge in [0.05, 0.1) is 12.5 Å². The molecule has 1 spiro atoms. The van der Waals surface area contributed by atoms with Crippen molar-refractivity contribution in [2.45, 2.75) is 110 Å². The van der Waals surface area contributed by atoms with Crippen molar-refractivity contribution in [3.05, 3.63) is 23.3 Å². The minimum Gasteiger partial charge on any atom is -0.447 e. The summed E-state index contributed by atoms with van der Waals surface area (Å²) >= 11 is 0. The van der Waals surface area contributed by atoms with Crippen molar-refractivity contribution in [3.8, 4) is 0 Å². The molecule has 4 rings (SSSR count). The fourth-order valence-corrected chi connectivity index (χ4v) is 6.50. The lowest BCUT2D eigenvalue weighted by Crippen LogP contribution is -2.56. The van der Waals surface area contributed by atoms with Crippen molar-refractivity contribution in [3.63, 3.8) is 0 Å². The molecule has 190 valence electrons. The molecule has 1 amide bonds. The van der Waals surface area contributed by atoms with Crippen LogP contribution in [0.4, 0.5) is 0 Å². The molecule has 7 heteroatoms. The number of fused-ring (bicyclic) bond motifs is 1. The van der Waals surface area contributed by atoms with Crippen LogP contribution < -0.4 is 5.32 Å². The van der Waals surface area contributed by atoms with Gasteiger partial charge in [-0.1, -0.05) is 44.1 Å². The zero-order chi connectivity index (χ0) is 25.0. The number of carbonyl (C=O) groups excluding carboxylic acids is 2. The maximum Gasteiger partial charge on any atom is 0.309 e. The summed E-state index contributed by atoms with van der Waals surface area (Å²) in [6.07, 6.45) is 4.02. The highest BCUT2D eigenvalue weighted by atomic mass is 16.8.